The first-order chi connectivity index (χ1) is 15.4. The van der Waals surface area contributed by atoms with Gasteiger partial charge in [-0.05, 0) is 73.1 Å². The molecule has 2 heteroatoms. The van der Waals surface area contributed by atoms with E-state index in [1.165, 1.54) is 87.8 Å². The molecule has 1 aliphatic carbocycles. The maximum atomic E-state index is 9.60. The first kappa shape index (κ1) is 25.9. The maximum Gasteiger partial charge on any atom is 0.330 e. The lowest BCUT2D eigenvalue weighted by Crippen LogP contribution is -2.13. The third kappa shape index (κ3) is 8.65. The molecule has 2 aromatic carbocycles. The molecule has 1 fully saturated rings. The van der Waals surface area contributed by atoms with Crippen LogP contribution in [0.2, 0.25) is 0 Å². The van der Waals surface area contributed by atoms with E-state index in [1.807, 2.05) is 0 Å². The van der Waals surface area contributed by atoms with Crippen LogP contribution in [0.1, 0.15) is 95.6 Å². The molecule has 0 aromatic heterocycles. The van der Waals surface area contributed by atoms with Crippen LogP contribution in [0.3, 0.4) is 0 Å². The number of aliphatic carboxylic acids is 1. The highest BCUT2D eigenvalue weighted by Crippen LogP contribution is 2.38. The summed E-state index contributed by atoms with van der Waals surface area (Å²) in [4.78, 5) is 9.60. The molecule has 0 radical (unpaired) electrons. The minimum atomic E-state index is -0.935. The zero-order chi connectivity index (χ0) is 23.3. The van der Waals surface area contributed by atoms with Crippen LogP contribution in [0.15, 0.2) is 60.7 Å². The van der Waals surface area contributed by atoms with E-state index in [1.54, 1.807) is 5.56 Å². The monoisotopic (exact) mass is 434 g/mol. The Morgan fingerprint density at radius 1 is 0.875 bits per heavy atom. The molecular formula is C30H42O2. The summed E-state index contributed by atoms with van der Waals surface area (Å²) in [7, 11) is 0. The van der Waals surface area contributed by atoms with Gasteiger partial charge in [0.1, 0.15) is 0 Å². The molecule has 0 amide bonds. The van der Waals surface area contributed by atoms with Gasteiger partial charge in [0.15, 0.2) is 0 Å². The number of hydrogen-bond donors (Lipinski definition) is 1. The average Bonchev–Trinajstić information content (AvgIpc) is 2.81. The quantitative estimate of drug-likeness (QED) is 0.316. The SMILES string of the molecule is C=C(C)C(=O)O.CCCCCC1CCC(c2ccc(-c3ccc(CCC)cc3)cc2)CC1. The molecule has 0 bridgehead atoms. The van der Waals surface area contributed by atoms with Gasteiger partial charge in [0, 0.05) is 5.57 Å². The number of unbranched alkanes of at least 4 members (excludes halogenated alkanes) is 2. The molecular weight excluding hydrogens is 392 g/mol. The van der Waals surface area contributed by atoms with E-state index in [2.05, 4.69) is 69.0 Å². The van der Waals surface area contributed by atoms with E-state index in [9.17, 15) is 4.79 Å². The predicted molar refractivity (Wildman–Crippen MR) is 137 cm³/mol. The molecule has 0 saturated heterocycles. The summed E-state index contributed by atoms with van der Waals surface area (Å²) in [6, 6.07) is 18.6. The first-order valence-electron chi connectivity index (χ1n) is 12.5. The van der Waals surface area contributed by atoms with Gasteiger partial charge in [0.25, 0.3) is 0 Å². The van der Waals surface area contributed by atoms with E-state index < -0.39 is 5.97 Å². The van der Waals surface area contributed by atoms with Crippen LogP contribution in [0, 0.1) is 5.92 Å². The third-order valence-electron chi connectivity index (χ3n) is 6.64. The Labute approximate surface area is 195 Å². The second-order valence-corrected chi connectivity index (χ2v) is 9.37. The van der Waals surface area contributed by atoms with Gasteiger partial charge in [-0.15, -0.1) is 0 Å². The molecule has 0 spiro atoms. The lowest BCUT2D eigenvalue weighted by molar-refractivity contribution is -0.132. The van der Waals surface area contributed by atoms with E-state index in [0.29, 0.717) is 0 Å². The topological polar surface area (TPSA) is 37.3 Å². The van der Waals surface area contributed by atoms with Crippen molar-refractivity contribution in [1.29, 1.82) is 0 Å². The highest BCUT2D eigenvalue weighted by atomic mass is 16.4. The Kier molecular flexibility index (Phi) is 11.3. The van der Waals surface area contributed by atoms with Crippen molar-refractivity contribution in [2.75, 3.05) is 0 Å². The van der Waals surface area contributed by atoms with Crippen molar-refractivity contribution in [3.8, 4) is 11.1 Å². The number of rotatable bonds is 9. The maximum absolute atomic E-state index is 9.60. The van der Waals surface area contributed by atoms with Gasteiger partial charge < -0.3 is 5.11 Å². The molecule has 0 atom stereocenters. The summed E-state index contributed by atoms with van der Waals surface area (Å²) in [5, 5.41) is 7.89. The fourth-order valence-corrected chi connectivity index (χ4v) is 4.57. The number of aryl methyl sites for hydroxylation is 1. The molecule has 174 valence electrons. The first-order valence-corrected chi connectivity index (χ1v) is 12.5. The van der Waals surface area contributed by atoms with Crippen molar-refractivity contribution < 1.29 is 9.90 Å². The Morgan fingerprint density at radius 2 is 1.41 bits per heavy atom. The van der Waals surface area contributed by atoms with E-state index in [-0.39, 0.29) is 5.57 Å². The molecule has 32 heavy (non-hydrogen) atoms. The van der Waals surface area contributed by atoms with Crippen molar-refractivity contribution >= 4 is 5.97 Å². The van der Waals surface area contributed by atoms with E-state index in [4.69, 9.17) is 5.11 Å². The number of hydrogen-bond acceptors (Lipinski definition) is 1. The highest BCUT2D eigenvalue weighted by Gasteiger charge is 2.21. The molecule has 3 rings (SSSR count). The minimum absolute atomic E-state index is 0.176. The van der Waals surface area contributed by atoms with Crippen LogP contribution < -0.4 is 0 Å². The third-order valence-corrected chi connectivity index (χ3v) is 6.64. The fraction of sp³-hybridized carbons (Fsp3) is 0.500. The Morgan fingerprint density at radius 3 is 1.88 bits per heavy atom. The lowest BCUT2D eigenvalue weighted by atomic mass is 9.77. The summed E-state index contributed by atoms with van der Waals surface area (Å²) in [6.45, 7) is 9.15. The molecule has 1 saturated carbocycles. The Hall–Kier alpha value is -2.35. The normalized spacial score (nSPS) is 17.8. The van der Waals surface area contributed by atoms with Gasteiger partial charge >= 0.3 is 5.97 Å². The Bertz CT molecular complexity index is 797. The molecule has 0 aliphatic heterocycles. The van der Waals surface area contributed by atoms with Gasteiger partial charge in [-0.2, -0.15) is 0 Å². The molecule has 0 heterocycles. The summed E-state index contributed by atoms with van der Waals surface area (Å²) in [6.07, 6.45) is 13.7. The fourth-order valence-electron chi connectivity index (χ4n) is 4.57. The number of carboxylic acid groups (broad SMARTS) is 1. The zero-order valence-electron chi connectivity index (χ0n) is 20.4. The van der Waals surface area contributed by atoms with Gasteiger partial charge in [0.2, 0.25) is 0 Å². The zero-order valence-corrected chi connectivity index (χ0v) is 20.4. The summed E-state index contributed by atoms with van der Waals surface area (Å²) in [5.74, 6) is 0.854. The molecule has 2 aromatic rings. The van der Waals surface area contributed by atoms with Crippen LogP contribution in [0.25, 0.3) is 11.1 Å². The molecule has 1 aliphatic rings. The Balaban J connectivity index is 0.000000534. The van der Waals surface area contributed by atoms with Crippen molar-refractivity contribution in [3.05, 3.63) is 71.8 Å². The van der Waals surface area contributed by atoms with Gasteiger partial charge in [0.05, 0.1) is 0 Å². The van der Waals surface area contributed by atoms with Gasteiger partial charge in [-0.1, -0.05) is 101 Å². The average molecular weight is 435 g/mol. The van der Waals surface area contributed by atoms with E-state index >= 15 is 0 Å². The standard InChI is InChI=1S/C26H36.C4H6O2/c1-3-5-6-8-22-11-15-24(16-12-22)26-19-17-25(18-20-26)23-13-9-21(7-4-2)10-14-23;1-3(2)4(5)6/h9-10,13-14,17-20,22,24H,3-8,11-12,15-16H2,1-2H3;1H2,2H3,(H,5,6). The van der Waals surface area contributed by atoms with Crippen molar-refractivity contribution in [1.82, 2.24) is 0 Å². The minimum Gasteiger partial charge on any atom is -0.478 e. The number of benzene rings is 2. The lowest BCUT2D eigenvalue weighted by Gasteiger charge is -2.29. The summed E-state index contributed by atoms with van der Waals surface area (Å²) in [5.41, 5.74) is 5.88. The predicted octanol–water partition coefficient (Wildman–Crippen LogP) is 8.81. The van der Waals surface area contributed by atoms with Crippen molar-refractivity contribution in [2.45, 2.75) is 90.9 Å². The van der Waals surface area contributed by atoms with Crippen molar-refractivity contribution in [2.24, 2.45) is 5.92 Å². The van der Waals surface area contributed by atoms with Crippen molar-refractivity contribution in [3.63, 3.8) is 0 Å². The second kappa shape index (κ2) is 13.9. The largest absolute Gasteiger partial charge is 0.478 e. The van der Waals surface area contributed by atoms with Crippen LogP contribution in [0.5, 0.6) is 0 Å². The molecule has 1 N–H and O–H groups in total. The number of carboxylic acids is 1. The van der Waals surface area contributed by atoms with Crippen LogP contribution in [-0.4, -0.2) is 11.1 Å². The second-order valence-electron chi connectivity index (χ2n) is 9.37. The highest BCUT2D eigenvalue weighted by molar-refractivity contribution is 5.84. The van der Waals surface area contributed by atoms with E-state index in [0.717, 1.165) is 11.8 Å². The summed E-state index contributed by atoms with van der Waals surface area (Å²) >= 11 is 0. The smallest absolute Gasteiger partial charge is 0.330 e. The van der Waals surface area contributed by atoms with Crippen LogP contribution in [-0.2, 0) is 11.2 Å². The summed E-state index contributed by atoms with van der Waals surface area (Å²) < 4.78 is 0. The van der Waals surface area contributed by atoms with Crippen LogP contribution >= 0.6 is 0 Å². The molecule has 0 unspecified atom stereocenters. The van der Waals surface area contributed by atoms with Gasteiger partial charge in [-0.3, -0.25) is 0 Å². The number of carbonyl (C=O) groups is 1. The molecule has 2 nitrogen and oxygen atoms in total. The van der Waals surface area contributed by atoms with Crippen LogP contribution in [0.4, 0.5) is 0 Å². The van der Waals surface area contributed by atoms with Gasteiger partial charge in [-0.25, -0.2) is 4.79 Å².